The third-order valence-corrected chi connectivity index (χ3v) is 3.69. The summed E-state index contributed by atoms with van der Waals surface area (Å²) < 4.78 is 39.0. The minimum atomic E-state index is -3.91. The van der Waals surface area contributed by atoms with Crippen molar-refractivity contribution in [3.63, 3.8) is 0 Å². The smallest absolute Gasteiger partial charge is 0.241 e. The van der Waals surface area contributed by atoms with E-state index in [2.05, 4.69) is 4.72 Å². The molecule has 0 spiro atoms. The average Bonchev–Trinajstić information content (AvgIpc) is 2.14. The van der Waals surface area contributed by atoms with Gasteiger partial charge in [0.05, 0.1) is 17.0 Å². The molecule has 1 rings (SSSR count). The molecule has 0 heterocycles. The Morgan fingerprint density at radius 1 is 1.41 bits per heavy atom. The van der Waals surface area contributed by atoms with Crippen LogP contribution in [0.4, 0.5) is 10.1 Å². The number of nitrogens with one attached hydrogen (secondary N) is 1. The maximum Gasteiger partial charge on any atom is 0.241 e. The molecular weight excluding hydrogens is 247 g/mol. The van der Waals surface area contributed by atoms with Crippen LogP contribution in [-0.4, -0.2) is 25.7 Å². The molecule has 0 atom stereocenters. The van der Waals surface area contributed by atoms with Gasteiger partial charge in [-0.2, -0.15) is 0 Å². The molecule has 7 heteroatoms. The Morgan fingerprint density at radius 3 is 2.47 bits per heavy atom. The number of hydrogen-bond donors (Lipinski definition) is 3. The van der Waals surface area contributed by atoms with Gasteiger partial charge in [0, 0.05) is 5.69 Å². The number of nitrogens with two attached hydrogens (primary N) is 1. The highest BCUT2D eigenvalue weighted by Gasteiger charge is 2.26. The zero-order chi connectivity index (χ0) is 13.3. The van der Waals surface area contributed by atoms with Crippen molar-refractivity contribution in [2.24, 2.45) is 0 Å². The molecule has 0 aromatic heterocycles. The predicted octanol–water partition coefficient (Wildman–Crippen LogP) is 0.457. The molecular formula is C10H15FN2O3S. The predicted molar refractivity (Wildman–Crippen MR) is 62.3 cm³/mol. The highest BCUT2D eigenvalue weighted by Crippen LogP contribution is 2.17. The first-order chi connectivity index (χ1) is 7.66. The summed E-state index contributed by atoms with van der Waals surface area (Å²) in [5.41, 5.74) is 4.36. The Morgan fingerprint density at radius 2 is 2.00 bits per heavy atom. The van der Waals surface area contributed by atoms with E-state index in [-0.39, 0.29) is 17.2 Å². The fraction of sp³-hybridized carbons (Fsp3) is 0.400. The average molecular weight is 262 g/mol. The lowest BCUT2D eigenvalue weighted by Gasteiger charge is -2.23. The third-order valence-electron chi connectivity index (χ3n) is 2.01. The first kappa shape index (κ1) is 13.9. The highest BCUT2D eigenvalue weighted by molar-refractivity contribution is 7.89. The van der Waals surface area contributed by atoms with Crippen molar-refractivity contribution in [1.29, 1.82) is 0 Å². The first-order valence-corrected chi connectivity index (χ1v) is 6.35. The molecule has 0 unspecified atom stereocenters. The zero-order valence-corrected chi connectivity index (χ0v) is 10.4. The van der Waals surface area contributed by atoms with Gasteiger partial charge in [-0.1, -0.05) is 0 Å². The van der Waals surface area contributed by atoms with E-state index >= 15 is 0 Å². The van der Waals surface area contributed by atoms with E-state index in [1.165, 1.54) is 13.8 Å². The zero-order valence-electron chi connectivity index (χ0n) is 9.57. The summed E-state index contributed by atoms with van der Waals surface area (Å²) in [6.07, 6.45) is 0. The van der Waals surface area contributed by atoms with Gasteiger partial charge in [-0.3, -0.25) is 0 Å². The standard InChI is InChI=1S/C10H15FN2O3S/c1-10(2,6-14)13-17(15,16)9-4-7(11)3-8(12)5-9/h3-5,13-14H,6,12H2,1-2H3. The molecule has 0 saturated carbocycles. The van der Waals surface area contributed by atoms with Crippen molar-refractivity contribution in [3.8, 4) is 0 Å². The summed E-state index contributed by atoms with van der Waals surface area (Å²) in [5, 5.41) is 8.99. The van der Waals surface area contributed by atoms with Crippen LogP contribution in [0.15, 0.2) is 23.1 Å². The Hall–Kier alpha value is -1.18. The molecule has 1 aromatic rings. The summed E-state index contributed by atoms with van der Waals surface area (Å²) in [7, 11) is -3.91. The molecule has 1 aromatic carbocycles. The minimum Gasteiger partial charge on any atom is -0.399 e. The maximum atomic E-state index is 13.1. The Balaban J connectivity index is 3.14. The molecule has 0 amide bonds. The molecule has 5 nitrogen and oxygen atoms in total. The van der Waals surface area contributed by atoms with Crippen LogP contribution >= 0.6 is 0 Å². The van der Waals surface area contributed by atoms with Crippen LogP contribution in [0.1, 0.15) is 13.8 Å². The number of rotatable bonds is 4. The first-order valence-electron chi connectivity index (χ1n) is 4.87. The number of aliphatic hydroxyl groups excluding tert-OH is 1. The van der Waals surface area contributed by atoms with Crippen molar-refractivity contribution >= 4 is 15.7 Å². The number of nitrogen functional groups attached to an aromatic ring is 1. The Labute approximate surface area is 99.5 Å². The second-order valence-electron chi connectivity index (χ2n) is 4.37. The minimum absolute atomic E-state index is 0.0205. The molecule has 0 bridgehead atoms. The molecule has 0 aliphatic carbocycles. The monoisotopic (exact) mass is 262 g/mol. The number of halogens is 1. The fourth-order valence-corrected chi connectivity index (χ4v) is 2.66. The van der Waals surface area contributed by atoms with Crippen LogP contribution in [0.25, 0.3) is 0 Å². The quantitative estimate of drug-likeness (QED) is 0.687. The lowest BCUT2D eigenvalue weighted by molar-refractivity contribution is 0.208. The van der Waals surface area contributed by atoms with E-state index in [1.54, 1.807) is 0 Å². The van der Waals surface area contributed by atoms with E-state index in [0.717, 1.165) is 18.2 Å². The normalized spacial score (nSPS) is 12.7. The molecule has 0 radical (unpaired) electrons. The summed E-state index contributed by atoms with van der Waals surface area (Å²) in [4.78, 5) is -0.267. The molecule has 0 aliphatic rings. The number of sulfonamides is 1. The van der Waals surface area contributed by atoms with Crippen molar-refractivity contribution in [3.05, 3.63) is 24.0 Å². The van der Waals surface area contributed by atoms with Gasteiger partial charge in [-0.15, -0.1) is 0 Å². The van der Waals surface area contributed by atoms with E-state index in [9.17, 15) is 12.8 Å². The van der Waals surface area contributed by atoms with Crippen LogP contribution in [0.3, 0.4) is 0 Å². The van der Waals surface area contributed by atoms with Gasteiger partial charge in [0.1, 0.15) is 5.82 Å². The van der Waals surface area contributed by atoms with E-state index < -0.39 is 21.4 Å². The third kappa shape index (κ3) is 3.65. The van der Waals surface area contributed by atoms with Gasteiger partial charge in [0.2, 0.25) is 10.0 Å². The van der Waals surface area contributed by atoms with Gasteiger partial charge in [0.15, 0.2) is 0 Å². The molecule has 96 valence electrons. The molecule has 0 aliphatic heterocycles. The van der Waals surface area contributed by atoms with E-state index in [1.807, 2.05) is 0 Å². The van der Waals surface area contributed by atoms with Crippen LogP contribution in [-0.2, 0) is 10.0 Å². The lowest BCUT2D eigenvalue weighted by atomic mass is 10.1. The van der Waals surface area contributed by atoms with Crippen LogP contribution < -0.4 is 10.5 Å². The summed E-state index contributed by atoms with van der Waals surface area (Å²) >= 11 is 0. The van der Waals surface area contributed by atoms with Crippen molar-refractivity contribution in [2.75, 3.05) is 12.3 Å². The summed E-state index contributed by atoms with van der Waals surface area (Å²) in [6.45, 7) is 2.64. The number of anilines is 1. The van der Waals surface area contributed by atoms with Gasteiger partial charge < -0.3 is 10.8 Å². The van der Waals surface area contributed by atoms with Crippen LogP contribution in [0.2, 0.25) is 0 Å². The number of benzene rings is 1. The molecule has 0 saturated heterocycles. The Bertz CT molecular complexity index is 494. The lowest BCUT2D eigenvalue weighted by Crippen LogP contribution is -2.46. The fourth-order valence-electron chi connectivity index (χ4n) is 1.19. The van der Waals surface area contributed by atoms with Crippen molar-refractivity contribution in [1.82, 2.24) is 4.72 Å². The van der Waals surface area contributed by atoms with Gasteiger partial charge in [0.25, 0.3) is 0 Å². The number of hydrogen-bond acceptors (Lipinski definition) is 4. The van der Waals surface area contributed by atoms with Crippen LogP contribution in [0, 0.1) is 5.82 Å². The van der Waals surface area contributed by atoms with Gasteiger partial charge in [-0.25, -0.2) is 17.5 Å². The number of aliphatic hydroxyl groups is 1. The second kappa shape index (κ2) is 4.59. The largest absolute Gasteiger partial charge is 0.399 e. The highest BCUT2D eigenvalue weighted by atomic mass is 32.2. The summed E-state index contributed by atoms with van der Waals surface area (Å²) in [6, 6.07) is 3.04. The topological polar surface area (TPSA) is 92.4 Å². The molecule has 0 fully saturated rings. The Kier molecular flexibility index (Phi) is 3.75. The van der Waals surface area contributed by atoms with E-state index in [0.29, 0.717) is 0 Å². The van der Waals surface area contributed by atoms with Gasteiger partial charge >= 0.3 is 0 Å². The van der Waals surface area contributed by atoms with E-state index in [4.69, 9.17) is 10.8 Å². The molecule has 17 heavy (non-hydrogen) atoms. The second-order valence-corrected chi connectivity index (χ2v) is 6.05. The van der Waals surface area contributed by atoms with Crippen molar-refractivity contribution in [2.45, 2.75) is 24.3 Å². The molecule has 4 N–H and O–H groups in total. The maximum absolute atomic E-state index is 13.1. The summed E-state index contributed by atoms with van der Waals surface area (Å²) in [5.74, 6) is -0.729. The van der Waals surface area contributed by atoms with Crippen molar-refractivity contribution < 1.29 is 17.9 Å². The van der Waals surface area contributed by atoms with Crippen LogP contribution in [0.5, 0.6) is 0 Å². The SMILES string of the molecule is CC(C)(CO)NS(=O)(=O)c1cc(N)cc(F)c1. The van der Waals surface area contributed by atoms with Gasteiger partial charge in [-0.05, 0) is 32.0 Å².